The van der Waals surface area contributed by atoms with Gasteiger partial charge in [0.1, 0.15) is 0 Å². The fraction of sp³-hybridized carbons (Fsp3) is 1.00. The van der Waals surface area contributed by atoms with E-state index in [1.807, 2.05) is 0 Å². The maximum Gasteiger partial charge on any atom is 0.0453 e. The smallest absolute Gasteiger partial charge is 0.0453 e. The maximum atomic E-state index is 6.70. The van der Waals surface area contributed by atoms with Gasteiger partial charge < -0.3 is 0 Å². The van der Waals surface area contributed by atoms with E-state index < -0.39 is 0 Å². The molecule has 0 heterocycles. The van der Waals surface area contributed by atoms with Crippen LogP contribution in [0.4, 0.5) is 0 Å². The van der Waals surface area contributed by atoms with Gasteiger partial charge in [-0.25, -0.2) is 0 Å². The lowest BCUT2D eigenvalue weighted by Crippen LogP contribution is -2.64. The molecule has 4 aliphatic carbocycles. The molecule has 0 N–H and O–H groups in total. The van der Waals surface area contributed by atoms with Crippen molar-refractivity contribution in [1.82, 2.24) is 0 Å². The molecule has 4 saturated carbocycles. The van der Waals surface area contributed by atoms with E-state index in [-0.39, 0.29) is 4.32 Å². The molecule has 0 spiro atoms. The quantitative estimate of drug-likeness (QED) is 0.292. The molecule has 0 nitrogen and oxygen atoms in total. The number of hydrogen-bond acceptors (Lipinski definition) is 0. The van der Waals surface area contributed by atoms with Crippen molar-refractivity contribution in [3.05, 3.63) is 0 Å². The number of hydrogen-bond donors (Lipinski definition) is 0. The maximum absolute atomic E-state index is 6.70. The summed E-state index contributed by atoms with van der Waals surface area (Å²) >= 11 is 15.2. The van der Waals surface area contributed by atoms with Crippen molar-refractivity contribution in [2.24, 2.45) is 46.3 Å². The van der Waals surface area contributed by atoms with Crippen molar-refractivity contribution in [3.8, 4) is 0 Å². The normalized spacial score (nSPS) is 51.9. The van der Waals surface area contributed by atoms with Crippen molar-refractivity contribution >= 4 is 43.5 Å². The number of rotatable bonds is 5. The number of halogens is 3. The van der Waals surface area contributed by atoms with Crippen LogP contribution in [-0.2, 0) is 0 Å². The van der Waals surface area contributed by atoms with Crippen LogP contribution in [0.5, 0.6) is 0 Å². The summed E-state index contributed by atoms with van der Waals surface area (Å²) in [6.07, 6.45) is 15.1. The second-order valence-corrected chi connectivity index (χ2v) is 15.9. The van der Waals surface area contributed by atoms with Crippen molar-refractivity contribution < 1.29 is 0 Å². The first kappa shape index (κ1) is 24.4. The standard InChI is InChI=1S/C27H45Br2Cl/c1-17(2)7-6-8-18(3)21-9-10-22-20-15-24(28)27(29)16-19(30)11-14-26(27,5)23(20)12-13-25(21,22)4/h17-24H,6-16H2,1-5H3/t18-,19+,20+,21-,22+,23+,24+,25-,26-,27+/m1/s1. The van der Waals surface area contributed by atoms with Gasteiger partial charge in [0, 0.05) is 14.5 Å². The van der Waals surface area contributed by atoms with E-state index in [9.17, 15) is 0 Å². The van der Waals surface area contributed by atoms with Gasteiger partial charge >= 0.3 is 0 Å². The Kier molecular flexibility index (Phi) is 7.15. The molecule has 0 aromatic carbocycles. The topological polar surface area (TPSA) is 0 Å². The third-order valence-corrected chi connectivity index (χ3v) is 14.8. The molecule has 4 rings (SSSR count). The summed E-state index contributed by atoms with van der Waals surface area (Å²) in [6, 6.07) is 0. The zero-order valence-corrected chi connectivity index (χ0v) is 24.0. The highest BCUT2D eigenvalue weighted by molar-refractivity contribution is 9.12. The van der Waals surface area contributed by atoms with Gasteiger partial charge in [0.25, 0.3) is 0 Å². The Morgan fingerprint density at radius 3 is 2.40 bits per heavy atom. The molecule has 0 aliphatic heterocycles. The van der Waals surface area contributed by atoms with E-state index in [2.05, 4.69) is 66.5 Å². The Balaban J connectivity index is 1.53. The van der Waals surface area contributed by atoms with Crippen LogP contribution in [0.2, 0.25) is 0 Å². The summed E-state index contributed by atoms with van der Waals surface area (Å²) in [5, 5.41) is 0.338. The first-order valence-corrected chi connectivity index (χ1v) is 15.1. The Labute approximate surface area is 208 Å². The van der Waals surface area contributed by atoms with Gasteiger partial charge in [-0.3, -0.25) is 0 Å². The Morgan fingerprint density at radius 1 is 0.967 bits per heavy atom. The Morgan fingerprint density at radius 2 is 1.70 bits per heavy atom. The highest BCUT2D eigenvalue weighted by Crippen LogP contribution is 2.71. The van der Waals surface area contributed by atoms with E-state index in [4.69, 9.17) is 11.6 Å². The molecule has 4 aliphatic rings. The largest absolute Gasteiger partial charge is 0.123 e. The van der Waals surface area contributed by atoms with Crippen LogP contribution < -0.4 is 0 Å². The van der Waals surface area contributed by atoms with Crippen molar-refractivity contribution in [3.63, 3.8) is 0 Å². The predicted octanol–water partition coefficient (Wildman–Crippen LogP) is 9.61. The van der Waals surface area contributed by atoms with Crippen molar-refractivity contribution in [2.45, 2.75) is 120 Å². The molecule has 3 heteroatoms. The molecule has 0 radical (unpaired) electrons. The van der Waals surface area contributed by atoms with Crippen LogP contribution >= 0.6 is 43.5 Å². The Hall–Kier alpha value is 1.25. The summed E-state index contributed by atoms with van der Waals surface area (Å²) < 4.78 is 0.182. The van der Waals surface area contributed by atoms with Gasteiger partial charge in [-0.15, -0.1) is 11.6 Å². The van der Waals surface area contributed by atoms with Crippen molar-refractivity contribution in [1.29, 1.82) is 0 Å². The molecule has 10 atom stereocenters. The Bertz CT molecular complexity index is 622. The van der Waals surface area contributed by atoms with Crippen LogP contribution in [0.15, 0.2) is 0 Å². The lowest BCUT2D eigenvalue weighted by molar-refractivity contribution is -0.0971. The van der Waals surface area contributed by atoms with Crippen LogP contribution in [-0.4, -0.2) is 14.5 Å². The van der Waals surface area contributed by atoms with Gasteiger partial charge in [-0.1, -0.05) is 85.7 Å². The van der Waals surface area contributed by atoms with Crippen LogP contribution in [0.25, 0.3) is 0 Å². The fourth-order valence-electron chi connectivity index (χ4n) is 9.16. The molecular weight excluding hydrogens is 520 g/mol. The molecule has 0 aromatic rings. The second-order valence-electron chi connectivity index (χ2n) is 12.7. The van der Waals surface area contributed by atoms with Gasteiger partial charge in [0.2, 0.25) is 0 Å². The monoisotopic (exact) mass is 562 g/mol. The van der Waals surface area contributed by atoms with Crippen LogP contribution in [0.1, 0.15) is 105 Å². The van der Waals surface area contributed by atoms with E-state index in [0.717, 1.165) is 41.9 Å². The molecule has 4 fully saturated rings. The minimum atomic E-state index is 0.182. The van der Waals surface area contributed by atoms with Crippen LogP contribution in [0, 0.1) is 46.3 Å². The fourth-order valence-corrected chi connectivity index (χ4v) is 11.9. The van der Waals surface area contributed by atoms with E-state index >= 15 is 0 Å². The van der Waals surface area contributed by atoms with Gasteiger partial charge in [0.15, 0.2) is 0 Å². The van der Waals surface area contributed by atoms with Gasteiger partial charge in [-0.2, -0.15) is 0 Å². The number of fused-ring (bicyclic) bond motifs is 5. The first-order valence-electron chi connectivity index (χ1n) is 13.0. The van der Waals surface area contributed by atoms with E-state index in [1.54, 1.807) is 0 Å². The summed E-state index contributed by atoms with van der Waals surface area (Å²) in [6.45, 7) is 12.7. The molecular formula is C27H45Br2Cl. The average Bonchev–Trinajstić information content (AvgIpc) is 3.01. The van der Waals surface area contributed by atoms with Crippen LogP contribution in [0.3, 0.4) is 0 Å². The molecule has 30 heavy (non-hydrogen) atoms. The third kappa shape index (κ3) is 3.81. The zero-order chi connectivity index (χ0) is 21.9. The highest BCUT2D eigenvalue weighted by Gasteiger charge is 2.66. The highest BCUT2D eigenvalue weighted by atomic mass is 79.9. The SMILES string of the molecule is CC(C)CCC[C@@H](C)[C@H]1CC[C@H]2[C@@H]3C[C@H](Br)[C@@]4(Br)C[C@@H](Cl)CC[C@]4(C)[C@H]3CC[C@]12C. The minimum absolute atomic E-state index is 0.182. The molecule has 0 unspecified atom stereocenters. The average molecular weight is 565 g/mol. The van der Waals surface area contributed by atoms with E-state index in [1.165, 1.54) is 64.2 Å². The molecule has 0 aromatic heterocycles. The lowest BCUT2D eigenvalue weighted by Gasteiger charge is -2.65. The number of alkyl halides is 3. The molecule has 0 bridgehead atoms. The first-order chi connectivity index (χ1) is 14.0. The lowest BCUT2D eigenvalue weighted by atomic mass is 9.44. The summed E-state index contributed by atoms with van der Waals surface area (Å²) in [5.74, 6) is 5.43. The minimum Gasteiger partial charge on any atom is -0.123 e. The van der Waals surface area contributed by atoms with Gasteiger partial charge in [0.05, 0.1) is 0 Å². The van der Waals surface area contributed by atoms with E-state index in [0.29, 0.717) is 21.0 Å². The van der Waals surface area contributed by atoms with Crippen molar-refractivity contribution in [2.75, 3.05) is 0 Å². The molecule has 0 saturated heterocycles. The zero-order valence-electron chi connectivity index (χ0n) is 20.0. The summed E-state index contributed by atoms with van der Waals surface area (Å²) in [5.41, 5.74) is 0.968. The third-order valence-electron chi connectivity index (χ3n) is 10.9. The second kappa shape index (κ2) is 8.79. The summed E-state index contributed by atoms with van der Waals surface area (Å²) in [4.78, 5) is 0.558. The molecule has 0 amide bonds. The molecule has 174 valence electrons. The predicted molar refractivity (Wildman–Crippen MR) is 139 cm³/mol. The summed E-state index contributed by atoms with van der Waals surface area (Å²) in [7, 11) is 0. The van der Waals surface area contributed by atoms with Gasteiger partial charge in [-0.05, 0) is 97.7 Å².